The van der Waals surface area contributed by atoms with Gasteiger partial charge < -0.3 is 10.4 Å². The SMILES string of the molecule is CCCC(C)CC(=O)NCC(O)c1ccsc1. The Morgan fingerprint density at radius 2 is 2.35 bits per heavy atom. The number of rotatable bonds is 7. The van der Waals surface area contributed by atoms with Crippen molar-refractivity contribution in [3.8, 4) is 0 Å². The van der Waals surface area contributed by atoms with Crippen molar-refractivity contribution >= 4 is 17.2 Å². The van der Waals surface area contributed by atoms with Gasteiger partial charge >= 0.3 is 0 Å². The fourth-order valence-corrected chi connectivity index (χ4v) is 2.48. The molecule has 1 rings (SSSR count). The molecule has 96 valence electrons. The number of carbonyl (C=O) groups excluding carboxylic acids is 1. The molecular weight excluding hydrogens is 234 g/mol. The van der Waals surface area contributed by atoms with E-state index >= 15 is 0 Å². The Labute approximate surface area is 107 Å². The predicted molar refractivity (Wildman–Crippen MR) is 71.0 cm³/mol. The number of carbonyl (C=O) groups is 1. The van der Waals surface area contributed by atoms with Gasteiger partial charge in [0, 0.05) is 13.0 Å². The molecule has 1 amide bonds. The lowest BCUT2D eigenvalue weighted by Crippen LogP contribution is -2.29. The first-order valence-electron chi connectivity index (χ1n) is 6.10. The number of nitrogens with one attached hydrogen (secondary N) is 1. The lowest BCUT2D eigenvalue weighted by molar-refractivity contribution is -0.122. The lowest BCUT2D eigenvalue weighted by Gasteiger charge is -2.13. The van der Waals surface area contributed by atoms with Crippen LogP contribution in [0.1, 0.15) is 44.8 Å². The van der Waals surface area contributed by atoms with Crippen molar-refractivity contribution in [1.82, 2.24) is 5.32 Å². The summed E-state index contributed by atoms with van der Waals surface area (Å²) < 4.78 is 0. The number of aliphatic hydroxyl groups excluding tert-OH is 1. The molecule has 0 aliphatic rings. The minimum absolute atomic E-state index is 0.0280. The summed E-state index contributed by atoms with van der Waals surface area (Å²) in [7, 11) is 0. The molecule has 0 bridgehead atoms. The molecule has 2 atom stereocenters. The van der Waals surface area contributed by atoms with Gasteiger partial charge in [0.05, 0.1) is 6.10 Å². The van der Waals surface area contributed by atoms with E-state index in [9.17, 15) is 9.90 Å². The second-order valence-corrected chi connectivity index (χ2v) is 5.25. The van der Waals surface area contributed by atoms with E-state index in [0.29, 0.717) is 18.9 Å². The van der Waals surface area contributed by atoms with Gasteiger partial charge in [0.15, 0.2) is 0 Å². The van der Waals surface area contributed by atoms with Gasteiger partial charge in [-0.1, -0.05) is 26.7 Å². The van der Waals surface area contributed by atoms with E-state index in [1.54, 1.807) is 11.3 Å². The molecule has 4 heteroatoms. The first kappa shape index (κ1) is 14.2. The number of hydrogen-bond donors (Lipinski definition) is 2. The van der Waals surface area contributed by atoms with Crippen LogP contribution < -0.4 is 5.32 Å². The van der Waals surface area contributed by atoms with Crippen LogP contribution in [-0.4, -0.2) is 17.6 Å². The van der Waals surface area contributed by atoms with Crippen LogP contribution >= 0.6 is 11.3 Å². The monoisotopic (exact) mass is 255 g/mol. The van der Waals surface area contributed by atoms with Crippen LogP contribution in [0.2, 0.25) is 0 Å². The van der Waals surface area contributed by atoms with Gasteiger partial charge in [-0.2, -0.15) is 11.3 Å². The van der Waals surface area contributed by atoms with Gasteiger partial charge in [-0.05, 0) is 28.3 Å². The van der Waals surface area contributed by atoms with Crippen LogP contribution in [0.25, 0.3) is 0 Å². The Balaban J connectivity index is 2.24. The zero-order valence-electron chi connectivity index (χ0n) is 10.5. The maximum Gasteiger partial charge on any atom is 0.220 e. The Morgan fingerprint density at radius 1 is 1.59 bits per heavy atom. The number of aliphatic hydroxyl groups is 1. The Hall–Kier alpha value is -0.870. The van der Waals surface area contributed by atoms with Crippen molar-refractivity contribution in [2.75, 3.05) is 6.54 Å². The first-order valence-corrected chi connectivity index (χ1v) is 7.04. The van der Waals surface area contributed by atoms with Crippen molar-refractivity contribution in [1.29, 1.82) is 0 Å². The first-order chi connectivity index (χ1) is 8.13. The van der Waals surface area contributed by atoms with Crippen LogP contribution in [0.3, 0.4) is 0 Å². The lowest BCUT2D eigenvalue weighted by atomic mass is 10.0. The molecule has 1 aromatic rings. The number of thiophene rings is 1. The van der Waals surface area contributed by atoms with Crippen molar-refractivity contribution in [3.63, 3.8) is 0 Å². The average Bonchev–Trinajstić information content (AvgIpc) is 2.79. The van der Waals surface area contributed by atoms with E-state index in [1.165, 1.54) is 0 Å². The normalized spacial score (nSPS) is 14.3. The molecule has 2 N–H and O–H groups in total. The minimum atomic E-state index is -0.591. The molecule has 17 heavy (non-hydrogen) atoms. The maximum atomic E-state index is 11.6. The second kappa shape index (κ2) is 7.45. The summed E-state index contributed by atoms with van der Waals surface area (Å²) in [4.78, 5) is 11.6. The summed E-state index contributed by atoms with van der Waals surface area (Å²) in [5, 5.41) is 16.4. The fraction of sp³-hybridized carbons (Fsp3) is 0.615. The molecule has 2 unspecified atom stereocenters. The predicted octanol–water partition coefficient (Wildman–Crippen LogP) is 2.72. The summed E-state index contributed by atoms with van der Waals surface area (Å²) in [5.74, 6) is 0.443. The molecule has 0 saturated carbocycles. The maximum absolute atomic E-state index is 11.6. The van der Waals surface area contributed by atoms with E-state index in [1.807, 2.05) is 16.8 Å². The number of hydrogen-bond acceptors (Lipinski definition) is 3. The van der Waals surface area contributed by atoms with Gasteiger partial charge in [0.25, 0.3) is 0 Å². The molecule has 0 aliphatic carbocycles. The topological polar surface area (TPSA) is 49.3 Å². The van der Waals surface area contributed by atoms with Crippen LogP contribution in [0.15, 0.2) is 16.8 Å². The van der Waals surface area contributed by atoms with Crippen LogP contribution in [0.5, 0.6) is 0 Å². The highest BCUT2D eigenvalue weighted by atomic mass is 32.1. The molecule has 0 aliphatic heterocycles. The van der Waals surface area contributed by atoms with Crippen molar-refractivity contribution in [2.24, 2.45) is 5.92 Å². The van der Waals surface area contributed by atoms with Gasteiger partial charge in [-0.25, -0.2) is 0 Å². The molecular formula is C13H21NO2S. The standard InChI is InChI=1S/C13H21NO2S/c1-3-4-10(2)7-13(16)14-8-12(15)11-5-6-17-9-11/h5-6,9-10,12,15H,3-4,7-8H2,1-2H3,(H,14,16). The fourth-order valence-electron chi connectivity index (χ4n) is 1.78. The van der Waals surface area contributed by atoms with Crippen LogP contribution in [0, 0.1) is 5.92 Å². The van der Waals surface area contributed by atoms with E-state index in [0.717, 1.165) is 18.4 Å². The minimum Gasteiger partial charge on any atom is -0.387 e. The van der Waals surface area contributed by atoms with Gasteiger partial charge in [-0.3, -0.25) is 4.79 Å². The Morgan fingerprint density at radius 3 is 2.94 bits per heavy atom. The van der Waals surface area contributed by atoms with Gasteiger partial charge in [0.2, 0.25) is 5.91 Å². The highest BCUT2D eigenvalue weighted by Gasteiger charge is 2.11. The van der Waals surface area contributed by atoms with Crippen LogP contribution in [0.4, 0.5) is 0 Å². The van der Waals surface area contributed by atoms with E-state index < -0.39 is 6.10 Å². The van der Waals surface area contributed by atoms with E-state index in [2.05, 4.69) is 19.2 Å². The molecule has 0 aromatic carbocycles. The zero-order chi connectivity index (χ0) is 12.7. The van der Waals surface area contributed by atoms with Crippen molar-refractivity contribution in [2.45, 2.75) is 39.2 Å². The number of amides is 1. The molecule has 0 fully saturated rings. The molecule has 1 aromatic heterocycles. The largest absolute Gasteiger partial charge is 0.387 e. The van der Waals surface area contributed by atoms with Gasteiger partial charge in [0.1, 0.15) is 0 Å². The Kier molecular flexibility index (Phi) is 6.22. The van der Waals surface area contributed by atoms with E-state index in [4.69, 9.17) is 0 Å². The van der Waals surface area contributed by atoms with Gasteiger partial charge in [-0.15, -0.1) is 0 Å². The summed E-state index contributed by atoms with van der Waals surface area (Å²) in [5.41, 5.74) is 0.872. The third-order valence-corrected chi connectivity index (χ3v) is 3.44. The van der Waals surface area contributed by atoms with E-state index in [-0.39, 0.29) is 5.91 Å². The third-order valence-electron chi connectivity index (χ3n) is 2.74. The Bertz CT molecular complexity index is 324. The summed E-state index contributed by atoms with van der Waals surface area (Å²) in [6.45, 7) is 4.50. The van der Waals surface area contributed by atoms with Crippen molar-refractivity contribution < 1.29 is 9.90 Å². The third kappa shape index (κ3) is 5.33. The average molecular weight is 255 g/mol. The highest BCUT2D eigenvalue weighted by molar-refractivity contribution is 7.07. The molecule has 1 heterocycles. The molecule has 3 nitrogen and oxygen atoms in total. The summed E-state index contributed by atoms with van der Waals surface area (Å²) >= 11 is 1.55. The highest BCUT2D eigenvalue weighted by Crippen LogP contribution is 2.15. The zero-order valence-corrected chi connectivity index (χ0v) is 11.3. The molecule has 0 spiro atoms. The second-order valence-electron chi connectivity index (χ2n) is 4.47. The molecule has 0 saturated heterocycles. The van der Waals surface area contributed by atoms with Crippen LogP contribution in [-0.2, 0) is 4.79 Å². The quantitative estimate of drug-likeness (QED) is 0.787. The van der Waals surface area contributed by atoms with Crippen molar-refractivity contribution in [3.05, 3.63) is 22.4 Å². The summed E-state index contributed by atoms with van der Waals surface area (Å²) in [6.07, 6.45) is 2.13. The smallest absolute Gasteiger partial charge is 0.220 e. The summed E-state index contributed by atoms with van der Waals surface area (Å²) in [6, 6.07) is 1.88. The molecule has 0 radical (unpaired) electrons.